The van der Waals surface area contributed by atoms with Crippen LogP contribution in [0.4, 0.5) is 0 Å². The van der Waals surface area contributed by atoms with Crippen LogP contribution in [-0.2, 0) is 14.3 Å². The maximum absolute atomic E-state index is 12.2. The SMILES string of the molecule is CC(=O)NC(CC(=O)NCCCOC1CCCCC1)c1ccc(C)cc1. The Bertz CT molecular complexity index is 565. The molecule has 0 spiro atoms. The molecule has 0 radical (unpaired) electrons. The van der Waals surface area contributed by atoms with E-state index in [0.29, 0.717) is 19.3 Å². The molecule has 1 aliphatic rings. The molecule has 1 unspecified atom stereocenters. The zero-order chi connectivity index (χ0) is 18.8. The minimum absolute atomic E-state index is 0.0537. The summed E-state index contributed by atoms with van der Waals surface area (Å²) >= 11 is 0. The van der Waals surface area contributed by atoms with Crippen molar-refractivity contribution in [2.24, 2.45) is 0 Å². The lowest BCUT2D eigenvalue weighted by atomic mass is 9.98. The molecule has 1 aromatic carbocycles. The number of benzene rings is 1. The van der Waals surface area contributed by atoms with Gasteiger partial charge in [0.1, 0.15) is 0 Å². The highest BCUT2D eigenvalue weighted by Crippen LogP contribution is 2.20. The van der Waals surface area contributed by atoms with Crippen LogP contribution >= 0.6 is 0 Å². The molecule has 1 atom stereocenters. The van der Waals surface area contributed by atoms with Gasteiger partial charge in [0.25, 0.3) is 0 Å². The van der Waals surface area contributed by atoms with Crippen LogP contribution in [0, 0.1) is 6.92 Å². The van der Waals surface area contributed by atoms with Gasteiger partial charge < -0.3 is 15.4 Å². The molecule has 26 heavy (non-hydrogen) atoms. The van der Waals surface area contributed by atoms with Crippen molar-refractivity contribution in [1.29, 1.82) is 0 Å². The maximum atomic E-state index is 12.2. The lowest BCUT2D eigenvalue weighted by Crippen LogP contribution is -2.33. The van der Waals surface area contributed by atoms with Gasteiger partial charge in [-0.25, -0.2) is 0 Å². The van der Waals surface area contributed by atoms with Gasteiger partial charge in [0.05, 0.1) is 18.6 Å². The van der Waals surface area contributed by atoms with E-state index in [4.69, 9.17) is 4.74 Å². The number of ether oxygens (including phenoxy) is 1. The third kappa shape index (κ3) is 7.56. The van der Waals surface area contributed by atoms with Crippen LogP contribution in [0.25, 0.3) is 0 Å². The summed E-state index contributed by atoms with van der Waals surface area (Å²) in [7, 11) is 0. The molecule has 2 N–H and O–H groups in total. The molecule has 2 rings (SSSR count). The Hall–Kier alpha value is -1.88. The van der Waals surface area contributed by atoms with Crippen LogP contribution in [-0.4, -0.2) is 31.1 Å². The molecule has 144 valence electrons. The number of hydrogen-bond acceptors (Lipinski definition) is 3. The molecule has 5 heteroatoms. The lowest BCUT2D eigenvalue weighted by molar-refractivity contribution is -0.122. The van der Waals surface area contributed by atoms with E-state index < -0.39 is 0 Å². The van der Waals surface area contributed by atoms with Gasteiger partial charge in [0, 0.05) is 20.1 Å². The van der Waals surface area contributed by atoms with Crippen LogP contribution < -0.4 is 10.6 Å². The normalized spacial score (nSPS) is 16.1. The highest BCUT2D eigenvalue weighted by Gasteiger charge is 2.17. The summed E-state index contributed by atoms with van der Waals surface area (Å²) in [5, 5.41) is 5.80. The Balaban J connectivity index is 1.70. The van der Waals surface area contributed by atoms with Crippen molar-refractivity contribution >= 4 is 11.8 Å². The van der Waals surface area contributed by atoms with E-state index in [0.717, 1.165) is 17.5 Å². The average Bonchev–Trinajstić information content (AvgIpc) is 2.62. The predicted molar refractivity (Wildman–Crippen MR) is 103 cm³/mol. The molecule has 1 saturated carbocycles. The second-order valence-electron chi connectivity index (χ2n) is 7.20. The monoisotopic (exact) mass is 360 g/mol. The number of carbonyl (C=O) groups is 2. The fourth-order valence-electron chi connectivity index (χ4n) is 3.34. The van der Waals surface area contributed by atoms with Crippen LogP contribution in [0.1, 0.15) is 69.0 Å². The average molecular weight is 360 g/mol. The highest BCUT2D eigenvalue weighted by molar-refractivity contribution is 5.79. The number of nitrogens with one attached hydrogen (secondary N) is 2. The Morgan fingerprint density at radius 2 is 1.85 bits per heavy atom. The van der Waals surface area contributed by atoms with Gasteiger partial charge in [-0.15, -0.1) is 0 Å². The van der Waals surface area contributed by atoms with Crippen molar-refractivity contribution in [2.75, 3.05) is 13.2 Å². The first-order valence-corrected chi connectivity index (χ1v) is 9.76. The summed E-state index contributed by atoms with van der Waals surface area (Å²) in [4.78, 5) is 23.7. The van der Waals surface area contributed by atoms with Crippen molar-refractivity contribution in [3.05, 3.63) is 35.4 Å². The van der Waals surface area contributed by atoms with Gasteiger partial charge in [0.15, 0.2) is 0 Å². The summed E-state index contributed by atoms with van der Waals surface area (Å²) in [6.45, 7) is 4.78. The number of hydrogen-bond donors (Lipinski definition) is 2. The Morgan fingerprint density at radius 3 is 2.50 bits per heavy atom. The molecule has 2 amide bonds. The van der Waals surface area contributed by atoms with E-state index in [1.165, 1.54) is 39.0 Å². The van der Waals surface area contributed by atoms with Crippen molar-refractivity contribution in [2.45, 2.75) is 70.9 Å². The van der Waals surface area contributed by atoms with Crippen molar-refractivity contribution in [3.63, 3.8) is 0 Å². The fraction of sp³-hybridized carbons (Fsp3) is 0.619. The summed E-state index contributed by atoms with van der Waals surface area (Å²) in [6.07, 6.45) is 7.67. The Labute approximate surface area is 156 Å². The molecule has 0 aliphatic heterocycles. The zero-order valence-corrected chi connectivity index (χ0v) is 16.1. The molecule has 0 heterocycles. The summed E-state index contributed by atoms with van der Waals surface area (Å²) in [5.74, 6) is -0.189. The third-order valence-corrected chi connectivity index (χ3v) is 4.80. The second kappa shape index (κ2) is 11.0. The first-order valence-electron chi connectivity index (χ1n) is 9.76. The summed E-state index contributed by atoms with van der Waals surface area (Å²) < 4.78 is 5.87. The minimum atomic E-state index is -0.299. The number of aryl methyl sites for hydroxylation is 1. The van der Waals surface area contributed by atoms with Crippen molar-refractivity contribution < 1.29 is 14.3 Å². The second-order valence-corrected chi connectivity index (χ2v) is 7.20. The van der Waals surface area contributed by atoms with Crippen LogP contribution in [0.3, 0.4) is 0 Å². The smallest absolute Gasteiger partial charge is 0.222 e. The van der Waals surface area contributed by atoms with Crippen molar-refractivity contribution in [1.82, 2.24) is 10.6 Å². The molecule has 1 aliphatic carbocycles. The van der Waals surface area contributed by atoms with E-state index in [1.54, 1.807) is 0 Å². The summed E-state index contributed by atoms with van der Waals surface area (Å²) in [6, 6.07) is 7.60. The number of amides is 2. The van der Waals surface area contributed by atoms with Gasteiger partial charge in [0.2, 0.25) is 11.8 Å². The minimum Gasteiger partial charge on any atom is -0.378 e. The Kier molecular flexibility index (Phi) is 8.62. The van der Waals surface area contributed by atoms with Crippen molar-refractivity contribution in [3.8, 4) is 0 Å². The van der Waals surface area contributed by atoms with Crippen LogP contribution in [0.5, 0.6) is 0 Å². The standard InChI is InChI=1S/C21H32N2O3/c1-16-9-11-18(12-10-16)20(23-17(2)24)15-21(25)22-13-6-14-26-19-7-4-3-5-8-19/h9-12,19-20H,3-8,13-15H2,1-2H3,(H,22,25)(H,23,24). The van der Waals surface area contributed by atoms with E-state index in [1.807, 2.05) is 31.2 Å². The number of carbonyl (C=O) groups excluding carboxylic acids is 2. The molecule has 5 nitrogen and oxygen atoms in total. The molecule has 0 bridgehead atoms. The topological polar surface area (TPSA) is 67.4 Å². The third-order valence-electron chi connectivity index (χ3n) is 4.80. The van der Waals surface area contributed by atoms with Gasteiger partial charge in [-0.2, -0.15) is 0 Å². The van der Waals surface area contributed by atoms with Gasteiger partial charge in [-0.3, -0.25) is 9.59 Å². The van der Waals surface area contributed by atoms with Gasteiger partial charge >= 0.3 is 0 Å². The van der Waals surface area contributed by atoms with Crippen LogP contribution in [0.2, 0.25) is 0 Å². The number of rotatable bonds is 9. The quantitative estimate of drug-likeness (QED) is 0.663. The first-order chi connectivity index (χ1) is 12.5. The maximum Gasteiger partial charge on any atom is 0.222 e. The fourth-order valence-corrected chi connectivity index (χ4v) is 3.34. The van der Waals surface area contributed by atoms with E-state index >= 15 is 0 Å². The predicted octanol–water partition coefficient (Wildman–Crippen LogP) is 3.42. The zero-order valence-electron chi connectivity index (χ0n) is 16.1. The molecular formula is C21H32N2O3. The first kappa shape index (κ1) is 20.4. The van der Waals surface area contributed by atoms with Gasteiger partial charge in [-0.1, -0.05) is 49.1 Å². The highest BCUT2D eigenvalue weighted by atomic mass is 16.5. The molecular weight excluding hydrogens is 328 g/mol. The van der Waals surface area contributed by atoms with E-state index in [9.17, 15) is 9.59 Å². The largest absolute Gasteiger partial charge is 0.378 e. The molecule has 0 aromatic heterocycles. The Morgan fingerprint density at radius 1 is 1.15 bits per heavy atom. The van der Waals surface area contributed by atoms with Crippen LogP contribution in [0.15, 0.2) is 24.3 Å². The van der Waals surface area contributed by atoms with Gasteiger partial charge in [-0.05, 0) is 31.7 Å². The molecule has 1 aromatic rings. The van der Waals surface area contributed by atoms with E-state index in [2.05, 4.69) is 10.6 Å². The summed E-state index contributed by atoms with van der Waals surface area (Å²) in [5.41, 5.74) is 2.10. The molecule has 0 saturated heterocycles. The lowest BCUT2D eigenvalue weighted by Gasteiger charge is -2.22. The van der Waals surface area contributed by atoms with E-state index in [-0.39, 0.29) is 24.3 Å². The molecule has 1 fully saturated rings.